The molecule has 0 bridgehead atoms. The van der Waals surface area contributed by atoms with Crippen LogP contribution in [0.3, 0.4) is 0 Å². The van der Waals surface area contributed by atoms with Crippen LogP contribution >= 0.6 is 0 Å². The topological polar surface area (TPSA) is 18.5 Å². The lowest BCUT2D eigenvalue weighted by Crippen LogP contribution is -2.09. The molecule has 0 radical (unpaired) electrons. The fourth-order valence-corrected chi connectivity index (χ4v) is 2.05. The van der Waals surface area contributed by atoms with Gasteiger partial charge in [0.05, 0.1) is 6.61 Å². The number of hydrogen-bond donors (Lipinski definition) is 0. The van der Waals surface area contributed by atoms with Gasteiger partial charge in [-0.05, 0) is 36.6 Å². The average molecular weight is 226 g/mol. The zero-order valence-electron chi connectivity index (χ0n) is 9.56. The summed E-state index contributed by atoms with van der Waals surface area (Å²) in [6, 6.07) is 15.9. The van der Waals surface area contributed by atoms with Crippen molar-refractivity contribution in [3.63, 3.8) is 0 Å². The second-order valence-electron chi connectivity index (χ2n) is 4.11. The molecule has 0 saturated heterocycles. The lowest BCUT2D eigenvalue weighted by molar-refractivity contribution is 0.275. The third kappa shape index (κ3) is 2.11. The molecule has 17 heavy (non-hydrogen) atoms. The molecule has 2 aromatic carbocycles. The van der Waals surface area contributed by atoms with Gasteiger partial charge in [-0.25, -0.2) is 0 Å². The van der Waals surface area contributed by atoms with Crippen molar-refractivity contribution in [3.8, 4) is 17.2 Å². The molecule has 1 heterocycles. The highest BCUT2D eigenvalue weighted by atomic mass is 16.5. The molecule has 0 spiro atoms. The predicted octanol–water partition coefficient (Wildman–Crippen LogP) is 3.80. The van der Waals surface area contributed by atoms with Crippen molar-refractivity contribution in [1.82, 2.24) is 0 Å². The third-order valence-corrected chi connectivity index (χ3v) is 2.87. The SMILES string of the molecule is c1ccc(Oc2cccc3c2OCCC3)cc1. The molecule has 0 saturated carbocycles. The van der Waals surface area contributed by atoms with E-state index in [1.807, 2.05) is 42.5 Å². The van der Waals surface area contributed by atoms with Crippen molar-refractivity contribution in [1.29, 1.82) is 0 Å². The number of benzene rings is 2. The van der Waals surface area contributed by atoms with Crippen LogP contribution in [0.2, 0.25) is 0 Å². The summed E-state index contributed by atoms with van der Waals surface area (Å²) in [6.45, 7) is 0.780. The van der Waals surface area contributed by atoms with Gasteiger partial charge in [-0.2, -0.15) is 0 Å². The van der Waals surface area contributed by atoms with Crippen LogP contribution in [-0.4, -0.2) is 6.61 Å². The van der Waals surface area contributed by atoms with E-state index in [9.17, 15) is 0 Å². The van der Waals surface area contributed by atoms with E-state index in [0.29, 0.717) is 0 Å². The van der Waals surface area contributed by atoms with Crippen molar-refractivity contribution in [2.24, 2.45) is 0 Å². The third-order valence-electron chi connectivity index (χ3n) is 2.87. The first-order chi connectivity index (χ1) is 8.43. The van der Waals surface area contributed by atoms with E-state index >= 15 is 0 Å². The fourth-order valence-electron chi connectivity index (χ4n) is 2.05. The van der Waals surface area contributed by atoms with Crippen molar-refractivity contribution < 1.29 is 9.47 Å². The molecule has 1 aliphatic rings. The smallest absolute Gasteiger partial charge is 0.169 e. The Labute approximate surface area is 101 Å². The largest absolute Gasteiger partial charge is 0.489 e. The van der Waals surface area contributed by atoms with Crippen LogP contribution in [0.5, 0.6) is 17.2 Å². The number of hydrogen-bond acceptors (Lipinski definition) is 2. The molecular weight excluding hydrogens is 212 g/mol. The molecule has 0 atom stereocenters. The van der Waals surface area contributed by atoms with E-state index < -0.39 is 0 Å². The maximum absolute atomic E-state index is 5.85. The Bertz CT molecular complexity index is 506. The quantitative estimate of drug-likeness (QED) is 0.775. The van der Waals surface area contributed by atoms with Crippen LogP contribution in [0, 0.1) is 0 Å². The molecule has 3 rings (SSSR count). The number of aryl methyl sites for hydroxylation is 1. The van der Waals surface area contributed by atoms with E-state index in [4.69, 9.17) is 9.47 Å². The van der Waals surface area contributed by atoms with Gasteiger partial charge in [0.1, 0.15) is 5.75 Å². The minimum atomic E-state index is 0.780. The van der Waals surface area contributed by atoms with Gasteiger partial charge < -0.3 is 9.47 Å². The first-order valence-corrected chi connectivity index (χ1v) is 5.91. The van der Waals surface area contributed by atoms with Crippen molar-refractivity contribution >= 4 is 0 Å². The molecule has 0 fully saturated rings. The van der Waals surface area contributed by atoms with Crippen LogP contribution in [0.4, 0.5) is 0 Å². The molecule has 0 N–H and O–H groups in total. The van der Waals surface area contributed by atoms with Crippen LogP contribution in [0.25, 0.3) is 0 Å². The lowest BCUT2D eigenvalue weighted by atomic mass is 10.1. The van der Waals surface area contributed by atoms with E-state index in [2.05, 4.69) is 6.07 Å². The van der Waals surface area contributed by atoms with Gasteiger partial charge in [-0.3, -0.25) is 0 Å². The summed E-state index contributed by atoms with van der Waals surface area (Å²) in [7, 11) is 0. The molecule has 2 nitrogen and oxygen atoms in total. The van der Waals surface area contributed by atoms with Crippen molar-refractivity contribution in [2.45, 2.75) is 12.8 Å². The zero-order chi connectivity index (χ0) is 11.5. The lowest BCUT2D eigenvalue weighted by Gasteiger charge is -2.20. The summed E-state index contributed by atoms with van der Waals surface area (Å²) < 4.78 is 11.6. The van der Waals surface area contributed by atoms with Gasteiger partial charge in [0.25, 0.3) is 0 Å². The van der Waals surface area contributed by atoms with E-state index in [0.717, 1.165) is 36.7 Å². The Hall–Kier alpha value is -1.96. The molecule has 0 aromatic heterocycles. The Kier molecular flexibility index (Phi) is 2.70. The summed E-state index contributed by atoms with van der Waals surface area (Å²) in [6.07, 6.45) is 2.16. The highest BCUT2D eigenvalue weighted by Gasteiger charge is 2.15. The molecule has 2 heteroatoms. The van der Waals surface area contributed by atoms with Gasteiger partial charge in [-0.1, -0.05) is 30.3 Å². The Morgan fingerprint density at radius 3 is 2.71 bits per heavy atom. The van der Waals surface area contributed by atoms with E-state index in [1.54, 1.807) is 0 Å². The Morgan fingerprint density at radius 1 is 0.941 bits per heavy atom. The summed E-state index contributed by atoms with van der Waals surface area (Å²) in [5.41, 5.74) is 1.24. The van der Waals surface area contributed by atoms with Crippen molar-refractivity contribution in [2.75, 3.05) is 6.61 Å². The molecule has 2 aromatic rings. The first kappa shape index (κ1) is 10.2. The standard InChI is InChI=1S/C15H14O2/c1-2-8-13(9-3-1)17-14-10-4-6-12-7-5-11-16-15(12)14/h1-4,6,8-10H,5,7,11H2. The summed E-state index contributed by atoms with van der Waals surface area (Å²) in [4.78, 5) is 0. The maximum Gasteiger partial charge on any atom is 0.169 e. The number of para-hydroxylation sites is 2. The highest BCUT2D eigenvalue weighted by molar-refractivity contribution is 5.49. The monoisotopic (exact) mass is 226 g/mol. The van der Waals surface area contributed by atoms with Crippen molar-refractivity contribution in [3.05, 3.63) is 54.1 Å². The molecule has 1 aliphatic heterocycles. The molecule has 0 unspecified atom stereocenters. The Balaban J connectivity index is 1.93. The zero-order valence-corrected chi connectivity index (χ0v) is 9.56. The summed E-state index contributed by atoms with van der Waals surface area (Å²) >= 11 is 0. The highest BCUT2D eigenvalue weighted by Crippen LogP contribution is 2.37. The average Bonchev–Trinajstić information content (AvgIpc) is 2.40. The molecule has 0 amide bonds. The summed E-state index contributed by atoms with van der Waals surface area (Å²) in [5, 5.41) is 0. The van der Waals surface area contributed by atoms with Crippen LogP contribution < -0.4 is 9.47 Å². The number of ether oxygens (including phenoxy) is 2. The second kappa shape index (κ2) is 4.50. The fraction of sp³-hybridized carbons (Fsp3) is 0.200. The second-order valence-corrected chi connectivity index (χ2v) is 4.11. The van der Waals surface area contributed by atoms with E-state index in [-0.39, 0.29) is 0 Å². The van der Waals surface area contributed by atoms with Gasteiger partial charge in [0, 0.05) is 0 Å². The maximum atomic E-state index is 5.85. The van der Waals surface area contributed by atoms with Gasteiger partial charge in [-0.15, -0.1) is 0 Å². The van der Waals surface area contributed by atoms with Crippen LogP contribution in [0.1, 0.15) is 12.0 Å². The molecule has 0 aliphatic carbocycles. The minimum absolute atomic E-state index is 0.780. The van der Waals surface area contributed by atoms with E-state index in [1.165, 1.54) is 5.56 Å². The van der Waals surface area contributed by atoms with Gasteiger partial charge in [0.2, 0.25) is 0 Å². The normalized spacial score (nSPS) is 13.6. The first-order valence-electron chi connectivity index (χ1n) is 5.91. The van der Waals surface area contributed by atoms with Crippen LogP contribution in [0.15, 0.2) is 48.5 Å². The van der Waals surface area contributed by atoms with Gasteiger partial charge in [0.15, 0.2) is 11.5 Å². The molecular formula is C15H14O2. The van der Waals surface area contributed by atoms with Crippen LogP contribution in [-0.2, 0) is 6.42 Å². The number of rotatable bonds is 2. The Morgan fingerprint density at radius 2 is 1.82 bits per heavy atom. The summed E-state index contributed by atoms with van der Waals surface area (Å²) in [5.74, 6) is 2.56. The minimum Gasteiger partial charge on any atom is -0.489 e. The number of fused-ring (bicyclic) bond motifs is 1. The van der Waals surface area contributed by atoms with Gasteiger partial charge >= 0.3 is 0 Å². The predicted molar refractivity (Wildman–Crippen MR) is 66.8 cm³/mol. The molecule has 86 valence electrons.